The van der Waals surface area contributed by atoms with Gasteiger partial charge in [0.1, 0.15) is 0 Å². The topological polar surface area (TPSA) is 49.8 Å². The van der Waals surface area contributed by atoms with Crippen molar-refractivity contribution in [2.75, 3.05) is 19.7 Å². The maximum absolute atomic E-state index is 10.7. The highest BCUT2D eigenvalue weighted by Gasteiger charge is 2.25. The highest BCUT2D eigenvalue weighted by molar-refractivity contribution is 5.69. The van der Waals surface area contributed by atoms with Crippen LogP contribution in [0.15, 0.2) is 12.7 Å². The molecule has 15 heavy (non-hydrogen) atoms. The molecule has 1 saturated heterocycles. The summed E-state index contributed by atoms with van der Waals surface area (Å²) in [6.07, 6.45) is 3.79. The molecule has 86 valence electrons. The molecule has 1 aliphatic rings. The molecule has 0 saturated carbocycles. The first-order valence-electron chi connectivity index (χ1n) is 5.31. The van der Waals surface area contributed by atoms with E-state index in [0.717, 1.165) is 19.4 Å². The standard InChI is InChI=1S/C11H19NO3/c1-3-5-12(8-11(13)14)10-4-6-15-9(2)7-10/h3,9-10H,1,4-8H2,2H3,(H,13,14). The van der Waals surface area contributed by atoms with Crippen molar-refractivity contribution in [1.82, 2.24) is 4.90 Å². The zero-order valence-corrected chi connectivity index (χ0v) is 9.19. The van der Waals surface area contributed by atoms with E-state index in [4.69, 9.17) is 9.84 Å². The summed E-state index contributed by atoms with van der Waals surface area (Å²) < 4.78 is 5.44. The van der Waals surface area contributed by atoms with Gasteiger partial charge in [-0.3, -0.25) is 9.69 Å². The van der Waals surface area contributed by atoms with E-state index in [9.17, 15) is 4.79 Å². The van der Waals surface area contributed by atoms with Crippen LogP contribution >= 0.6 is 0 Å². The molecule has 1 fully saturated rings. The molecule has 1 heterocycles. The number of hydrogen-bond donors (Lipinski definition) is 1. The van der Waals surface area contributed by atoms with Crippen molar-refractivity contribution in [2.45, 2.75) is 31.9 Å². The average Bonchev–Trinajstić information content (AvgIpc) is 2.16. The highest BCUT2D eigenvalue weighted by atomic mass is 16.5. The minimum Gasteiger partial charge on any atom is -0.480 e. The summed E-state index contributed by atoms with van der Waals surface area (Å²) in [4.78, 5) is 12.7. The van der Waals surface area contributed by atoms with Crippen molar-refractivity contribution in [3.63, 3.8) is 0 Å². The summed E-state index contributed by atoms with van der Waals surface area (Å²) in [6, 6.07) is 0.308. The van der Waals surface area contributed by atoms with E-state index in [-0.39, 0.29) is 12.6 Å². The van der Waals surface area contributed by atoms with Gasteiger partial charge >= 0.3 is 5.97 Å². The van der Waals surface area contributed by atoms with Crippen molar-refractivity contribution < 1.29 is 14.6 Å². The molecule has 0 aromatic carbocycles. The quantitative estimate of drug-likeness (QED) is 0.695. The van der Waals surface area contributed by atoms with Crippen LogP contribution in [0.2, 0.25) is 0 Å². The summed E-state index contributed by atoms with van der Waals surface area (Å²) in [5.41, 5.74) is 0. The summed E-state index contributed by atoms with van der Waals surface area (Å²) >= 11 is 0. The van der Waals surface area contributed by atoms with Crippen LogP contribution in [-0.2, 0) is 9.53 Å². The van der Waals surface area contributed by atoms with Crippen molar-refractivity contribution in [2.24, 2.45) is 0 Å². The number of aliphatic carboxylic acids is 1. The average molecular weight is 213 g/mol. The third-order valence-corrected chi connectivity index (χ3v) is 2.68. The van der Waals surface area contributed by atoms with E-state index >= 15 is 0 Å². The Balaban J connectivity index is 2.52. The van der Waals surface area contributed by atoms with Gasteiger partial charge in [-0.05, 0) is 19.8 Å². The molecule has 0 bridgehead atoms. The predicted molar refractivity (Wildman–Crippen MR) is 57.8 cm³/mol. The fourth-order valence-corrected chi connectivity index (χ4v) is 1.99. The number of carbonyl (C=O) groups is 1. The summed E-state index contributed by atoms with van der Waals surface area (Å²) in [6.45, 7) is 7.12. The first-order chi connectivity index (χ1) is 7.13. The van der Waals surface area contributed by atoms with E-state index in [1.54, 1.807) is 6.08 Å². The van der Waals surface area contributed by atoms with Crippen LogP contribution in [0.1, 0.15) is 19.8 Å². The second-order valence-electron chi connectivity index (χ2n) is 3.97. The second kappa shape index (κ2) is 5.88. The predicted octanol–water partition coefficient (Wildman–Crippen LogP) is 1.13. The first kappa shape index (κ1) is 12.2. The number of nitrogens with zero attached hydrogens (tertiary/aromatic N) is 1. The molecular weight excluding hydrogens is 194 g/mol. The van der Waals surface area contributed by atoms with Gasteiger partial charge in [0, 0.05) is 19.2 Å². The van der Waals surface area contributed by atoms with Gasteiger partial charge in [0.25, 0.3) is 0 Å². The molecule has 0 aromatic rings. The highest BCUT2D eigenvalue weighted by Crippen LogP contribution is 2.18. The van der Waals surface area contributed by atoms with E-state index < -0.39 is 5.97 Å². The van der Waals surface area contributed by atoms with Crippen LogP contribution in [0.25, 0.3) is 0 Å². The minimum atomic E-state index is -0.781. The van der Waals surface area contributed by atoms with E-state index in [0.29, 0.717) is 12.6 Å². The van der Waals surface area contributed by atoms with Gasteiger partial charge in [0.2, 0.25) is 0 Å². The van der Waals surface area contributed by atoms with E-state index in [1.165, 1.54) is 0 Å². The Morgan fingerprint density at radius 3 is 3.00 bits per heavy atom. The monoisotopic (exact) mass is 213 g/mol. The normalized spacial score (nSPS) is 26.5. The van der Waals surface area contributed by atoms with Gasteiger partial charge < -0.3 is 9.84 Å². The SMILES string of the molecule is C=CCN(CC(=O)O)C1CCOC(C)C1. The molecule has 0 spiro atoms. The summed E-state index contributed by atoms with van der Waals surface area (Å²) in [5.74, 6) is -0.781. The first-order valence-corrected chi connectivity index (χ1v) is 5.31. The fraction of sp³-hybridized carbons (Fsp3) is 0.727. The molecule has 4 heteroatoms. The molecule has 0 aliphatic carbocycles. The minimum absolute atomic E-state index is 0.0867. The summed E-state index contributed by atoms with van der Waals surface area (Å²) in [5, 5.41) is 8.80. The molecule has 1 rings (SSSR count). The van der Waals surface area contributed by atoms with Crippen molar-refractivity contribution in [1.29, 1.82) is 0 Å². The Hall–Kier alpha value is -0.870. The lowest BCUT2D eigenvalue weighted by molar-refractivity contribution is -0.139. The molecule has 2 atom stereocenters. The smallest absolute Gasteiger partial charge is 0.317 e. The van der Waals surface area contributed by atoms with Crippen LogP contribution < -0.4 is 0 Å². The van der Waals surface area contributed by atoms with Gasteiger partial charge in [-0.1, -0.05) is 6.08 Å². The fourth-order valence-electron chi connectivity index (χ4n) is 1.99. The Morgan fingerprint density at radius 2 is 2.47 bits per heavy atom. The van der Waals surface area contributed by atoms with Gasteiger partial charge in [-0.15, -0.1) is 6.58 Å². The van der Waals surface area contributed by atoms with Crippen LogP contribution in [0.4, 0.5) is 0 Å². The molecular formula is C11H19NO3. The number of carboxylic acid groups (broad SMARTS) is 1. The Kier molecular flexibility index (Phi) is 4.78. The molecule has 2 unspecified atom stereocenters. The zero-order chi connectivity index (χ0) is 11.3. The van der Waals surface area contributed by atoms with Gasteiger partial charge in [0.15, 0.2) is 0 Å². The lowest BCUT2D eigenvalue weighted by atomic mass is 10.0. The Morgan fingerprint density at radius 1 is 1.73 bits per heavy atom. The van der Waals surface area contributed by atoms with Crippen LogP contribution in [-0.4, -0.2) is 47.8 Å². The lowest BCUT2D eigenvalue weighted by Gasteiger charge is -2.35. The van der Waals surface area contributed by atoms with Crippen molar-refractivity contribution in [3.8, 4) is 0 Å². The van der Waals surface area contributed by atoms with E-state index in [2.05, 4.69) is 6.58 Å². The summed E-state index contributed by atoms with van der Waals surface area (Å²) in [7, 11) is 0. The number of hydrogen-bond acceptors (Lipinski definition) is 3. The molecule has 0 aromatic heterocycles. The van der Waals surface area contributed by atoms with Gasteiger partial charge in [-0.2, -0.15) is 0 Å². The zero-order valence-electron chi connectivity index (χ0n) is 9.19. The Bertz CT molecular complexity index is 230. The maximum atomic E-state index is 10.7. The van der Waals surface area contributed by atoms with Gasteiger partial charge in [0.05, 0.1) is 12.6 Å². The van der Waals surface area contributed by atoms with E-state index in [1.807, 2.05) is 11.8 Å². The molecule has 0 radical (unpaired) electrons. The molecule has 1 N–H and O–H groups in total. The van der Waals surface area contributed by atoms with Crippen LogP contribution in [0.5, 0.6) is 0 Å². The number of carboxylic acids is 1. The maximum Gasteiger partial charge on any atom is 0.317 e. The third-order valence-electron chi connectivity index (χ3n) is 2.68. The lowest BCUT2D eigenvalue weighted by Crippen LogP contribution is -2.44. The molecule has 4 nitrogen and oxygen atoms in total. The Labute approximate surface area is 90.5 Å². The molecule has 1 aliphatic heterocycles. The number of ether oxygens (including phenoxy) is 1. The molecule has 0 amide bonds. The second-order valence-corrected chi connectivity index (χ2v) is 3.97. The van der Waals surface area contributed by atoms with Crippen LogP contribution in [0.3, 0.4) is 0 Å². The third kappa shape index (κ3) is 4.01. The van der Waals surface area contributed by atoms with Crippen molar-refractivity contribution >= 4 is 5.97 Å². The number of rotatable bonds is 5. The van der Waals surface area contributed by atoms with Gasteiger partial charge in [-0.25, -0.2) is 0 Å². The largest absolute Gasteiger partial charge is 0.480 e. The van der Waals surface area contributed by atoms with Crippen LogP contribution in [0, 0.1) is 0 Å². The van der Waals surface area contributed by atoms with Crippen molar-refractivity contribution in [3.05, 3.63) is 12.7 Å².